The van der Waals surface area contributed by atoms with Gasteiger partial charge in [-0.05, 0) is 18.4 Å². The Kier molecular flexibility index (Phi) is 16.3. The van der Waals surface area contributed by atoms with Gasteiger partial charge < -0.3 is 15.5 Å². The molecule has 1 amide bonds. The van der Waals surface area contributed by atoms with Crippen LogP contribution in [0.2, 0.25) is 0 Å². The summed E-state index contributed by atoms with van der Waals surface area (Å²) in [5.74, 6) is -0.0302. The number of unbranched alkanes of at least 4 members (excludes halogenated alkanes) is 12. The summed E-state index contributed by atoms with van der Waals surface area (Å²) in [4.78, 5) is 12.1. The van der Waals surface area contributed by atoms with Gasteiger partial charge in [0.25, 0.3) is 0 Å². The quantitative estimate of drug-likeness (QED) is 0.238. The fourth-order valence-electron chi connectivity index (χ4n) is 3.86. The number of aliphatic hydroxyl groups excluding tert-OH is 2. The van der Waals surface area contributed by atoms with E-state index in [0.29, 0.717) is 12.8 Å². The third-order valence-electron chi connectivity index (χ3n) is 5.79. The molecule has 0 spiro atoms. The number of amides is 1. The standard InChI is InChI=1S/C26H45NO3/c1-2-3-4-5-6-7-8-9-10-11-12-13-17-20-26(30)27-24(22-28)21-25(29)23-18-15-14-16-19-23/h14-16,18-19,24-25,28-29H,2-13,17,20-22H2,1H3,(H,27,30)/t24-,25-/m1/s1. The lowest BCUT2D eigenvalue weighted by Gasteiger charge is -2.20. The van der Waals surface area contributed by atoms with E-state index in [9.17, 15) is 15.0 Å². The van der Waals surface area contributed by atoms with E-state index in [2.05, 4.69) is 12.2 Å². The highest BCUT2D eigenvalue weighted by Gasteiger charge is 2.17. The number of carbonyl (C=O) groups is 1. The summed E-state index contributed by atoms with van der Waals surface area (Å²) in [6.45, 7) is 2.10. The van der Waals surface area contributed by atoms with Gasteiger partial charge >= 0.3 is 0 Å². The van der Waals surface area contributed by atoms with E-state index in [1.807, 2.05) is 30.3 Å². The maximum Gasteiger partial charge on any atom is 0.220 e. The number of carbonyl (C=O) groups excluding carboxylic acids is 1. The molecule has 0 aliphatic carbocycles. The summed E-state index contributed by atoms with van der Waals surface area (Å²) in [7, 11) is 0. The van der Waals surface area contributed by atoms with Crippen LogP contribution in [0.3, 0.4) is 0 Å². The van der Waals surface area contributed by atoms with Gasteiger partial charge in [0.05, 0.1) is 18.8 Å². The molecule has 0 saturated heterocycles. The van der Waals surface area contributed by atoms with Gasteiger partial charge in [-0.2, -0.15) is 0 Å². The van der Waals surface area contributed by atoms with Gasteiger partial charge in [-0.25, -0.2) is 0 Å². The fraction of sp³-hybridized carbons (Fsp3) is 0.731. The second-order valence-electron chi connectivity index (χ2n) is 8.60. The first-order valence-corrected chi connectivity index (χ1v) is 12.3. The molecule has 0 aliphatic rings. The van der Waals surface area contributed by atoms with Crippen molar-refractivity contribution in [1.29, 1.82) is 0 Å². The summed E-state index contributed by atoms with van der Waals surface area (Å²) in [6, 6.07) is 8.95. The lowest BCUT2D eigenvalue weighted by molar-refractivity contribution is -0.122. The molecule has 2 atom stereocenters. The topological polar surface area (TPSA) is 69.6 Å². The lowest BCUT2D eigenvalue weighted by atomic mass is 10.0. The highest BCUT2D eigenvalue weighted by Crippen LogP contribution is 2.18. The van der Waals surface area contributed by atoms with E-state index in [1.54, 1.807) is 0 Å². The molecule has 0 unspecified atom stereocenters. The van der Waals surface area contributed by atoms with Crippen LogP contribution in [0.5, 0.6) is 0 Å². The van der Waals surface area contributed by atoms with Crippen molar-refractivity contribution in [3.05, 3.63) is 35.9 Å². The Hall–Kier alpha value is -1.39. The van der Waals surface area contributed by atoms with Crippen LogP contribution in [0, 0.1) is 0 Å². The van der Waals surface area contributed by atoms with Crippen LogP contribution in [0.25, 0.3) is 0 Å². The molecular weight excluding hydrogens is 374 g/mol. The van der Waals surface area contributed by atoms with Gasteiger partial charge in [0.15, 0.2) is 0 Å². The van der Waals surface area contributed by atoms with Crippen molar-refractivity contribution >= 4 is 5.91 Å². The van der Waals surface area contributed by atoms with Crippen LogP contribution in [0.4, 0.5) is 0 Å². The molecule has 1 rings (SSSR count). The second-order valence-corrected chi connectivity index (χ2v) is 8.60. The SMILES string of the molecule is CCCCCCCCCCCCCCCC(=O)N[C@@H](CO)C[C@@H](O)c1ccccc1. The largest absolute Gasteiger partial charge is 0.394 e. The zero-order valence-electron chi connectivity index (χ0n) is 19.2. The number of hydrogen-bond acceptors (Lipinski definition) is 3. The van der Waals surface area contributed by atoms with Crippen molar-refractivity contribution in [1.82, 2.24) is 5.32 Å². The summed E-state index contributed by atoms with van der Waals surface area (Å²) < 4.78 is 0. The first kappa shape index (κ1) is 26.6. The Morgan fingerprint density at radius 3 is 1.83 bits per heavy atom. The van der Waals surface area contributed by atoms with Crippen molar-refractivity contribution in [2.24, 2.45) is 0 Å². The maximum atomic E-state index is 12.1. The van der Waals surface area contributed by atoms with Crippen LogP contribution in [0.15, 0.2) is 30.3 Å². The minimum Gasteiger partial charge on any atom is -0.394 e. The van der Waals surface area contributed by atoms with Crippen molar-refractivity contribution in [2.75, 3.05) is 6.61 Å². The number of rotatable bonds is 19. The monoisotopic (exact) mass is 419 g/mol. The summed E-state index contributed by atoms with van der Waals surface area (Å²) in [5.41, 5.74) is 0.807. The molecule has 0 heterocycles. The predicted octanol–water partition coefficient (Wildman–Crippen LogP) is 6.07. The van der Waals surface area contributed by atoms with Gasteiger partial charge in [-0.15, -0.1) is 0 Å². The summed E-state index contributed by atoms with van der Waals surface area (Å²) in [6.07, 6.45) is 16.9. The normalized spacial score (nSPS) is 13.2. The van der Waals surface area contributed by atoms with Crippen molar-refractivity contribution in [2.45, 2.75) is 115 Å². The molecule has 0 fully saturated rings. The molecule has 4 nitrogen and oxygen atoms in total. The molecule has 0 aliphatic heterocycles. The Labute approximate surface area is 184 Å². The van der Waals surface area contributed by atoms with E-state index in [0.717, 1.165) is 18.4 Å². The molecule has 30 heavy (non-hydrogen) atoms. The maximum absolute atomic E-state index is 12.1. The molecule has 0 radical (unpaired) electrons. The first-order chi connectivity index (χ1) is 14.7. The molecular formula is C26H45NO3. The molecule has 0 aromatic heterocycles. The predicted molar refractivity (Wildman–Crippen MR) is 125 cm³/mol. The van der Waals surface area contributed by atoms with Crippen molar-refractivity contribution < 1.29 is 15.0 Å². The number of hydrogen-bond donors (Lipinski definition) is 3. The molecule has 1 aromatic rings. The van der Waals surface area contributed by atoms with Gasteiger partial charge in [0.1, 0.15) is 0 Å². The van der Waals surface area contributed by atoms with Gasteiger partial charge in [-0.1, -0.05) is 114 Å². The smallest absolute Gasteiger partial charge is 0.220 e. The van der Waals surface area contributed by atoms with Gasteiger partial charge in [0, 0.05) is 6.42 Å². The van der Waals surface area contributed by atoms with Crippen LogP contribution >= 0.6 is 0 Å². The summed E-state index contributed by atoms with van der Waals surface area (Å²) >= 11 is 0. The van der Waals surface area contributed by atoms with Crippen molar-refractivity contribution in [3.8, 4) is 0 Å². The molecule has 1 aromatic carbocycles. The fourth-order valence-corrected chi connectivity index (χ4v) is 3.86. The Morgan fingerprint density at radius 2 is 1.33 bits per heavy atom. The van der Waals surface area contributed by atoms with Gasteiger partial charge in [0.2, 0.25) is 5.91 Å². The van der Waals surface area contributed by atoms with Crippen LogP contribution in [-0.4, -0.2) is 28.8 Å². The van der Waals surface area contributed by atoms with E-state index >= 15 is 0 Å². The first-order valence-electron chi connectivity index (χ1n) is 12.3. The second kappa shape index (κ2) is 18.4. The van der Waals surface area contributed by atoms with Crippen molar-refractivity contribution in [3.63, 3.8) is 0 Å². The Balaban J connectivity index is 1.99. The average Bonchev–Trinajstić information content (AvgIpc) is 2.77. The molecule has 0 bridgehead atoms. The Morgan fingerprint density at radius 1 is 0.833 bits per heavy atom. The van der Waals surface area contributed by atoms with Crippen LogP contribution in [-0.2, 0) is 4.79 Å². The van der Waals surface area contributed by atoms with Crippen LogP contribution < -0.4 is 5.32 Å². The molecule has 3 N–H and O–H groups in total. The van der Waals surface area contributed by atoms with E-state index in [4.69, 9.17) is 0 Å². The van der Waals surface area contributed by atoms with E-state index in [1.165, 1.54) is 70.6 Å². The number of aliphatic hydroxyl groups is 2. The average molecular weight is 420 g/mol. The van der Waals surface area contributed by atoms with E-state index in [-0.39, 0.29) is 12.5 Å². The van der Waals surface area contributed by atoms with E-state index < -0.39 is 12.1 Å². The minimum absolute atomic E-state index is 0.0302. The highest BCUT2D eigenvalue weighted by atomic mass is 16.3. The lowest BCUT2D eigenvalue weighted by Crippen LogP contribution is -2.38. The third kappa shape index (κ3) is 13.8. The number of nitrogens with one attached hydrogen (secondary N) is 1. The zero-order chi connectivity index (χ0) is 21.9. The third-order valence-corrected chi connectivity index (χ3v) is 5.79. The zero-order valence-corrected chi connectivity index (χ0v) is 19.2. The Bertz CT molecular complexity index is 520. The highest BCUT2D eigenvalue weighted by molar-refractivity contribution is 5.76. The molecule has 4 heteroatoms. The molecule has 172 valence electrons. The van der Waals surface area contributed by atoms with Gasteiger partial charge in [-0.3, -0.25) is 4.79 Å². The summed E-state index contributed by atoms with van der Waals surface area (Å²) in [5, 5.41) is 22.7. The minimum atomic E-state index is -0.681. The number of benzene rings is 1. The van der Waals surface area contributed by atoms with Crippen LogP contribution in [0.1, 0.15) is 115 Å². The molecule has 0 saturated carbocycles.